The van der Waals surface area contributed by atoms with Gasteiger partial charge in [-0.25, -0.2) is 8.70 Å². The molecule has 0 aliphatic carbocycles. The maximum Gasteiger partial charge on any atom is 0.144 e. The van der Waals surface area contributed by atoms with Crippen LogP contribution in [0.1, 0.15) is 18.9 Å². The van der Waals surface area contributed by atoms with E-state index in [0.717, 1.165) is 18.0 Å². The highest BCUT2D eigenvalue weighted by Crippen LogP contribution is 2.41. The molecule has 1 fully saturated rings. The minimum atomic E-state index is -0.590. The van der Waals surface area contributed by atoms with E-state index in [1.807, 2.05) is 18.2 Å². The molecule has 0 bridgehead atoms. The third kappa shape index (κ3) is 6.72. The average Bonchev–Trinajstić information content (AvgIpc) is 2.69. The van der Waals surface area contributed by atoms with Crippen molar-refractivity contribution in [2.24, 2.45) is 5.41 Å². The van der Waals surface area contributed by atoms with Gasteiger partial charge in [0, 0.05) is 41.0 Å². The zero-order chi connectivity index (χ0) is 22.4. The van der Waals surface area contributed by atoms with Crippen molar-refractivity contribution in [3.63, 3.8) is 0 Å². The van der Waals surface area contributed by atoms with E-state index in [-0.39, 0.29) is 17.1 Å². The normalized spacial score (nSPS) is 16.4. The van der Waals surface area contributed by atoms with E-state index in [1.54, 1.807) is 31.0 Å². The first-order valence-corrected chi connectivity index (χ1v) is 11.4. The van der Waals surface area contributed by atoms with Crippen LogP contribution in [-0.4, -0.2) is 48.3 Å². The predicted octanol–water partition coefficient (Wildman–Crippen LogP) is 4.75. The molecule has 1 aliphatic rings. The van der Waals surface area contributed by atoms with Gasteiger partial charge in [-0.3, -0.25) is 0 Å². The smallest absolute Gasteiger partial charge is 0.144 e. The molecule has 0 saturated carbocycles. The fraction of sp³-hybridized carbons (Fsp3) is 0.409. The van der Waals surface area contributed by atoms with Gasteiger partial charge in [-0.1, -0.05) is 23.2 Å². The lowest BCUT2D eigenvalue weighted by molar-refractivity contribution is 0.0251. The molecule has 3 rings (SSSR count). The minimum absolute atomic E-state index is 0.00656. The SMILES string of the molecule is CC(O)CCNCC1(COc2ccc(C#N)c(F)c2)CN(Sc2ccc(Cl)cc2Cl)C1. The van der Waals surface area contributed by atoms with Crippen molar-refractivity contribution >= 4 is 35.1 Å². The molecule has 0 amide bonds. The van der Waals surface area contributed by atoms with Crippen molar-refractivity contribution < 1.29 is 14.2 Å². The molecule has 166 valence electrons. The lowest BCUT2D eigenvalue weighted by atomic mass is 9.82. The Morgan fingerprint density at radius 2 is 2.10 bits per heavy atom. The third-order valence-electron chi connectivity index (χ3n) is 4.99. The zero-order valence-corrected chi connectivity index (χ0v) is 19.4. The molecule has 1 aliphatic heterocycles. The number of rotatable bonds is 10. The predicted molar refractivity (Wildman–Crippen MR) is 122 cm³/mol. The summed E-state index contributed by atoms with van der Waals surface area (Å²) in [6.07, 6.45) is 0.304. The Balaban J connectivity index is 1.61. The maximum atomic E-state index is 13.9. The summed E-state index contributed by atoms with van der Waals surface area (Å²) >= 11 is 13.8. The van der Waals surface area contributed by atoms with Crippen molar-refractivity contribution in [1.82, 2.24) is 9.62 Å². The molecule has 1 unspecified atom stereocenters. The maximum absolute atomic E-state index is 13.9. The minimum Gasteiger partial charge on any atom is -0.493 e. The van der Waals surface area contributed by atoms with Crippen molar-refractivity contribution in [3.8, 4) is 11.8 Å². The van der Waals surface area contributed by atoms with Gasteiger partial charge in [-0.2, -0.15) is 5.26 Å². The molecule has 5 nitrogen and oxygen atoms in total. The Kier molecular flexibility index (Phi) is 8.45. The van der Waals surface area contributed by atoms with Gasteiger partial charge in [0.2, 0.25) is 0 Å². The number of aliphatic hydroxyl groups excluding tert-OH is 1. The van der Waals surface area contributed by atoms with Gasteiger partial charge in [0.05, 0.1) is 23.3 Å². The molecule has 0 spiro atoms. The summed E-state index contributed by atoms with van der Waals surface area (Å²) in [5.41, 5.74) is -0.178. The summed E-state index contributed by atoms with van der Waals surface area (Å²) in [4.78, 5) is 0.928. The second kappa shape index (κ2) is 10.9. The monoisotopic (exact) mass is 483 g/mol. The number of hydrogen-bond acceptors (Lipinski definition) is 6. The highest BCUT2D eigenvalue weighted by molar-refractivity contribution is 7.97. The fourth-order valence-corrected chi connectivity index (χ4v) is 5.03. The summed E-state index contributed by atoms with van der Waals surface area (Å²) in [7, 11) is 0. The standard InChI is InChI=1S/C22H24Cl2FN3O2S/c1-15(29)6-7-27-11-22(14-30-18-4-2-16(10-26)20(25)9-18)12-28(13-22)31-21-5-3-17(23)8-19(21)24/h2-5,8-9,15,27,29H,6-7,11-14H2,1H3. The Morgan fingerprint density at radius 3 is 2.74 bits per heavy atom. The van der Waals surface area contributed by atoms with Gasteiger partial charge >= 0.3 is 0 Å². The van der Waals surface area contributed by atoms with Crippen molar-refractivity contribution in [1.29, 1.82) is 5.26 Å². The van der Waals surface area contributed by atoms with Gasteiger partial charge in [-0.05, 0) is 62.2 Å². The molecule has 2 aromatic rings. The Morgan fingerprint density at radius 1 is 1.32 bits per heavy atom. The van der Waals surface area contributed by atoms with Crippen LogP contribution < -0.4 is 10.1 Å². The van der Waals surface area contributed by atoms with Crippen LogP contribution in [0, 0.1) is 22.6 Å². The van der Waals surface area contributed by atoms with E-state index in [4.69, 9.17) is 33.2 Å². The summed E-state index contributed by atoms with van der Waals surface area (Å²) in [6.45, 7) is 5.04. The van der Waals surface area contributed by atoms with Gasteiger partial charge in [-0.15, -0.1) is 0 Å². The quantitative estimate of drug-likeness (QED) is 0.375. The van der Waals surface area contributed by atoms with Crippen molar-refractivity contribution in [2.45, 2.75) is 24.3 Å². The number of ether oxygens (including phenoxy) is 1. The van der Waals surface area contributed by atoms with Crippen LogP contribution in [0.3, 0.4) is 0 Å². The number of benzene rings is 2. The molecular weight excluding hydrogens is 460 g/mol. The van der Waals surface area contributed by atoms with Crippen LogP contribution in [0.25, 0.3) is 0 Å². The Labute approximate surface area is 196 Å². The second-order valence-corrected chi connectivity index (χ2v) is 9.80. The molecule has 1 saturated heterocycles. The number of nitriles is 1. The number of nitrogens with one attached hydrogen (secondary N) is 1. The van der Waals surface area contributed by atoms with E-state index in [1.165, 1.54) is 12.1 Å². The van der Waals surface area contributed by atoms with Crippen LogP contribution in [0.2, 0.25) is 10.0 Å². The molecular formula is C22H24Cl2FN3O2S. The van der Waals surface area contributed by atoms with Crippen LogP contribution in [0.15, 0.2) is 41.3 Å². The number of nitrogens with zero attached hydrogens (tertiary/aromatic N) is 2. The first kappa shape index (κ1) is 24.1. The molecule has 2 N–H and O–H groups in total. The summed E-state index contributed by atoms with van der Waals surface area (Å²) in [5.74, 6) is -0.195. The topological polar surface area (TPSA) is 68.5 Å². The number of hydrogen-bond donors (Lipinski definition) is 2. The third-order valence-corrected chi connectivity index (χ3v) is 6.72. The fourth-order valence-electron chi connectivity index (χ4n) is 3.29. The summed E-state index contributed by atoms with van der Waals surface area (Å²) in [6, 6.07) is 11.5. The van der Waals surface area contributed by atoms with Crippen LogP contribution in [0.5, 0.6) is 5.75 Å². The van der Waals surface area contributed by atoms with E-state index in [0.29, 0.717) is 41.9 Å². The van der Waals surface area contributed by atoms with Gasteiger partial charge in [0.1, 0.15) is 17.6 Å². The molecule has 1 atom stereocenters. The van der Waals surface area contributed by atoms with E-state index >= 15 is 0 Å². The first-order chi connectivity index (χ1) is 14.8. The molecule has 1 heterocycles. The second-order valence-electron chi connectivity index (χ2n) is 7.82. The van der Waals surface area contributed by atoms with Gasteiger partial charge in [0.25, 0.3) is 0 Å². The molecule has 2 aromatic carbocycles. The van der Waals surface area contributed by atoms with Crippen LogP contribution >= 0.6 is 35.1 Å². The average molecular weight is 484 g/mol. The van der Waals surface area contributed by atoms with Crippen molar-refractivity contribution in [3.05, 3.63) is 57.8 Å². The molecule has 0 aromatic heterocycles. The highest BCUT2D eigenvalue weighted by atomic mass is 35.5. The zero-order valence-electron chi connectivity index (χ0n) is 17.1. The first-order valence-electron chi connectivity index (χ1n) is 9.89. The van der Waals surface area contributed by atoms with Crippen LogP contribution in [0.4, 0.5) is 4.39 Å². The highest BCUT2D eigenvalue weighted by Gasteiger charge is 2.44. The lowest BCUT2D eigenvalue weighted by Crippen LogP contribution is -2.60. The largest absolute Gasteiger partial charge is 0.493 e. The molecule has 31 heavy (non-hydrogen) atoms. The summed E-state index contributed by atoms with van der Waals surface area (Å²) < 4.78 is 22.0. The summed E-state index contributed by atoms with van der Waals surface area (Å²) in [5, 5.41) is 22.9. The molecule has 0 radical (unpaired) electrons. The van der Waals surface area contributed by atoms with Crippen LogP contribution in [-0.2, 0) is 0 Å². The number of halogens is 3. The van der Waals surface area contributed by atoms with Gasteiger partial charge in [0.15, 0.2) is 0 Å². The van der Waals surface area contributed by atoms with E-state index < -0.39 is 5.82 Å². The Hall–Kier alpha value is -1.53. The van der Waals surface area contributed by atoms with E-state index in [9.17, 15) is 9.50 Å². The molecule has 9 heteroatoms. The van der Waals surface area contributed by atoms with E-state index in [2.05, 4.69) is 9.62 Å². The van der Waals surface area contributed by atoms with Gasteiger partial charge < -0.3 is 15.2 Å². The number of aliphatic hydroxyl groups is 1. The lowest BCUT2D eigenvalue weighted by Gasteiger charge is -2.49. The Bertz CT molecular complexity index is 949. The van der Waals surface area contributed by atoms with Crippen molar-refractivity contribution in [2.75, 3.05) is 32.8 Å².